The van der Waals surface area contributed by atoms with Crippen LogP contribution in [0.25, 0.3) is 33.2 Å². The minimum Gasteiger partial charge on any atom is -0.453 e. The highest BCUT2D eigenvalue weighted by Gasteiger charge is 2.08. The van der Waals surface area contributed by atoms with E-state index in [0.29, 0.717) is 17.8 Å². The van der Waals surface area contributed by atoms with Crippen molar-refractivity contribution in [2.24, 2.45) is 0 Å². The van der Waals surface area contributed by atoms with E-state index >= 15 is 0 Å². The van der Waals surface area contributed by atoms with E-state index in [1.165, 1.54) is 0 Å². The molecule has 2 aromatic heterocycles. The molecule has 0 bridgehead atoms. The second-order valence-electron chi connectivity index (χ2n) is 5.30. The fourth-order valence-corrected chi connectivity index (χ4v) is 3.33. The van der Waals surface area contributed by atoms with Gasteiger partial charge in [-0.3, -0.25) is 4.79 Å². The molecule has 24 heavy (non-hydrogen) atoms. The number of furan rings is 1. The van der Waals surface area contributed by atoms with E-state index in [4.69, 9.17) is 9.40 Å². The summed E-state index contributed by atoms with van der Waals surface area (Å²) in [4.78, 5) is 15.4. The first-order valence-corrected chi connectivity index (χ1v) is 8.38. The zero-order valence-corrected chi connectivity index (χ0v) is 13.5. The van der Waals surface area contributed by atoms with Crippen molar-refractivity contribution in [3.05, 3.63) is 77.9 Å². The summed E-state index contributed by atoms with van der Waals surface area (Å²) < 4.78 is 5.44. The van der Waals surface area contributed by atoms with Gasteiger partial charge in [0.25, 0.3) is 0 Å². The summed E-state index contributed by atoms with van der Waals surface area (Å²) in [7, 11) is 0. The molecule has 0 fully saturated rings. The minimum absolute atomic E-state index is 0.334. The number of carbonyl (C=O) groups excluding carboxylic acids is 1. The summed E-state index contributed by atoms with van der Waals surface area (Å²) in [5.41, 5.74) is 4.07. The predicted molar refractivity (Wildman–Crippen MR) is 96.1 cm³/mol. The highest BCUT2D eigenvalue weighted by molar-refractivity contribution is 7.13. The summed E-state index contributed by atoms with van der Waals surface area (Å²) in [5.74, 6) is 1.02. The Kier molecular flexibility index (Phi) is 3.81. The van der Waals surface area contributed by atoms with E-state index in [0.717, 1.165) is 27.4 Å². The number of thiazole rings is 1. The van der Waals surface area contributed by atoms with Crippen molar-refractivity contribution in [3.8, 4) is 33.2 Å². The SMILES string of the molecule is O=Cc1ccc(-c2ccc(-c3csc(-c4ccccc4)n3)cc2)o1. The van der Waals surface area contributed by atoms with Gasteiger partial charge >= 0.3 is 0 Å². The number of nitrogens with zero attached hydrogens (tertiary/aromatic N) is 1. The molecule has 0 N–H and O–H groups in total. The molecular formula is C20H13NO2S. The highest BCUT2D eigenvalue weighted by Crippen LogP contribution is 2.30. The lowest BCUT2D eigenvalue weighted by Gasteiger charge is -2.00. The van der Waals surface area contributed by atoms with Gasteiger partial charge in [0.15, 0.2) is 12.0 Å². The Hall–Kier alpha value is -2.98. The van der Waals surface area contributed by atoms with Gasteiger partial charge in [0.1, 0.15) is 10.8 Å². The molecule has 0 aliphatic heterocycles. The molecule has 0 aliphatic carbocycles. The first kappa shape index (κ1) is 14.6. The first-order valence-electron chi connectivity index (χ1n) is 7.50. The van der Waals surface area contributed by atoms with Crippen LogP contribution < -0.4 is 0 Å². The van der Waals surface area contributed by atoms with Crippen molar-refractivity contribution in [2.75, 3.05) is 0 Å². The maximum absolute atomic E-state index is 10.7. The van der Waals surface area contributed by atoms with Crippen molar-refractivity contribution in [1.82, 2.24) is 4.98 Å². The Morgan fingerprint density at radius 3 is 2.29 bits per heavy atom. The molecule has 2 heterocycles. The number of aldehydes is 1. The lowest BCUT2D eigenvalue weighted by Crippen LogP contribution is -1.80. The Morgan fingerprint density at radius 2 is 1.58 bits per heavy atom. The van der Waals surface area contributed by atoms with Crippen molar-refractivity contribution < 1.29 is 9.21 Å². The van der Waals surface area contributed by atoms with Gasteiger partial charge in [0.05, 0.1) is 5.69 Å². The Balaban J connectivity index is 1.61. The predicted octanol–water partition coefficient (Wildman–Crippen LogP) is 5.55. The standard InChI is InChI=1S/C20H13NO2S/c22-12-17-10-11-19(23-17)15-8-6-14(7-9-15)18-13-24-20(21-18)16-4-2-1-3-5-16/h1-13H. The minimum atomic E-state index is 0.334. The fourth-order valence-electron chi connectivity index (χ4n) is 2.50. The summed E-state index contributed by atoms with van der Waals surface area (Å²) >= 11 is 1.64. The van der Waals surface area contributed by atoms with Crippen LogP contribution in [0.1, 0.15) is 10.6 Å². The van der Waals surface area contributed by atoms with Crippen LogP contribution in [0.5, 0.6) is 0 Å². The third-order valence-corrected chi connectivity index (χ3v) is 4.62. The topological polar surface area (TPSA) is 43.1 Å². The number of aromatic nitrogens is 1. The van der Waals surface area contributed by atoms with Crippen LogP contribution in [0.4, 0.5) is 0 Å². The molecule has 3 nitrogen and oxygen atoms in total. The van der Waals surface area contributed by atoms with Crippen LogP contribution in [0.3, 0.4) is 0 Å². The van der Waals surface area contributed by atoms with Gasteiger partial charge in [-0.1, -0.05) is 54.6 Å². The lowest BCUT2D eigenvalue weighted by molar-refractivity contribution is 0.110. The molecule has 0 saturated carbocycles. The third-order valence-electron chi connectivity index (χ3n) is 3.73. The van der Waals surface area contributed by atoms with Crippen molar-refractivity contribution >= 4 is 17.6 Å². The van der Waals surface area contributed by atoms with E-state index in [2.05, 4.69) is 17.5 Å². The zero-order valence-electron chi connectivity index (χ0n) is 12.7. The zero-order chi connectivity index (χ0) is 16.4. The lowest BCUT2D eigenvalue weighted by atomic mass is 10.1. The van der Waals surface area contributed by atoms with Crippen molar-refractivity contribution in [3.63, 3.8) is 0 Å². The first-order chi connectivity index (χ1) is 11.8. The van der Waals surface area contributed by atoms with Crippen LogP contribution in [0.2, 0.25) is 0 Å². The van der Waals surface area contributed by atoms with Gasteiger partial charge in [-0.2, -0.15) is 0 Å². The normalized spacial score (nSPS) is 10.7. The molecule has 0 aliphatic rings. The molecule has 4 heteroatoms. The van der Waals surface area contributed by atoms with E-state index in [9.17, 15) is 4.79 Å². The number of hydrogen-bond acceptors (Lipinski definition) is 4. The molecule has 0 amide bonds. The maximum Gasteiger partial charge on any atom is 0.185 e. The Morgan fingerprint density at radius 1 is 0.833 bits per heavy atom. The van der Waals surface area contributed by atoms with E-state index in [-0.39, 0.29) is 0 Å². The highest BCUT2D eigenvalue weighted by atomic mass is 32.1. The van der Waals surface area contributed by atoms with Crippen LogP contribution in [0.15, 0.2) is 76.5 Å². The summed E-state index contributed by atoms with van der Waals surface area (Å²) in [6, 6.07) is 21.6. The summed E-state index contributed by atoms with van der Waals surface area (Å²) in [6.45, 7) is 0. The van der Waals surface area contributed by atoms with E-state index < -0.39 is 0 Å². The molecule has 0 atom stereocenters. The third kappa shape index (κ3) is 2.79. The Labute approximate surface area is 143 Å². The summed E-state index contributed by atoms with van der Waals surface area (Å²) in [6.07, 6.45) is 0.707. The maximum atomic E-state index is 10.7. The second-order valence-corrected chi connectivity index (χ2v) is 6.16. The van der Waals surface area contributed by atoms with Gasteiger partial charge in [0, 0.05) is 22.1 Å². The molecule has 0 saturated heterocycles. The molecule has 4 rings (SSSR count). The van der Waals surface area contributed by atoms with Gasteiger partial charge in [-0.15, -0.1) is 11.3 Å². The molecule has 0 spiro atoms. The van der Waals surface area contributed by atoms with Crippen LogP contribution in [-0.2, 0) is 0 Å². The van der Waals surface area contributed by atoms with Gasteiger partial charge < -0.3 is 4.42 Å². The molecular weight excluding hydrogens is 318 g/mol. The van der Waals surface area contributed by atoms with Crippen molar-refractivity contribution in [2.45, 2.75) is 0 Å². The average Bonchev–Trinajstić information content (AvgIpc) is 3.32. The quantitative estimate of drug-likeness (QED) is 0.460. The van der Waals surface area contributed by atoms with E-state index in [1.54, 1.807) is 23.5 Å². The molecule has 116 valence electrons. The smallest absolute Gasteiger partial charge is 0.185 e. The monoisotopic (exact) mass is 331 g/mol. The fraction of sp³-hybridized carbons (Fsp3) is 0. The molecule has 4 aromatic rings. The van der Waals surface area contributed by atoms with Gasteiger partial charge in [-0.05, 0) is 12.1 Å². The number of hydrogen-bond donors (Lipinski definition) is 0. The van der Waals surface area contributed by atoms with Crippen LogP contribution in [-0.4, -0.2) is 11.3 Å². The van der Waals surface area contributed by atoms with E-state index in [1.807, 2.05) is 42.5 Å². The molecule has 0 radical (unpaired) electrons. The van der Waals surface area contributed by atoms with Crippen molar-refractivity contribution in [1.29, 1.82) is 0 Å². The number of carbonyl (C=O) groups is 1. The molecule has 2 aromatic carbocycles. The van der Waals surface area contributed by atoms with Crippen LogP contribution >= 0.6 is 11.3 Å². The van der Waals surface area contributed by atoms with Crippen LogP contribution in [0, 0.1) is 0 Å². The second kappa shape index (κ2) is 6.26. The van der Waals surface area contributed by atoms with Gasteiger partial charge in [-0.25, -0.2) is 4.98 Å². The number of rotatable bonds is 4. The largest absolute Gasteiger partial charge is 0.453 e. The number of benzene rings is 2. The van der Waals surface area contributed by atoms with Gasteiger partial charge in [0.2, 0.25) is 0 Å². The summed E-state index contributed by atoms with van der Waals surface area (Å²) in [5, 5.41) is 3.07. The Bertz CT molecular complexity index is 968. The molecule has 0 unspecified atom stereocenters. The average molecular weight is 331 g/mol.